The van der Waals surface area contributed by atoms with Gasteiger partial charge in [0.15, 0.2) is 5.65 Å². The van der Waals surface area contributed by atoms with Crippen LogP contribution in [0.5, 0.6) is 0 Å². The van der Waals surface area contributed by atoms with E-state index in [4.69, 9.17) is 0 Å². The standard InChI is InChI=1S/C20H20F5N7/c1-12-14-7-27-18(28-17(14)32(29-12)8-16(21)22)30-5-3-19(9-30)10-31(11-19)13-2-4-26-15(6-13)20(23,24)25/h2,4,6-7,16H,3,5,8-11H2,1H3. The Morgan fingerprint density at radius 2 is 1.88 bits per heavy atom. The smallest absolute Gasteiger partial charge is 0.370 e. The highest BCUT2D eigenvalue weighted by Gasteiger charge is 2.48. The summed E-state index contributed by atoms with van der Waals surface area (Å²) in [7, 11) is 0. The summed E-state index contributed by atoms with van der Waals surface area (Å²) in [5.74, 6) is 0.450. The molecule has 0 N–H and O–H groups in total. The lowest BCUT2D eigenvalue weighted by atomic mass is 9.79. The van der Waals surface area contributed by atoms with E-state index >= 15 is 0 Å². The quantitative estimate of drug-likeness (QED) is 0.564. The van der Waals surface area contributed by atoms with Crippen molar-refractivity contribution in [2.75, 3.05) is 36.0 Å². The molecule has 0 unspecified atom stereocenters. The predicted octanol–water partition coefficient (Wildman–Crippen LogP) is 3.53. The van der Waals surface area contributed by atoms with Crippen molar-refractivity contribution < 1.29 is 22.0 Å². The normalized spacial score (nSPS) is 18.2. The van der Waals surface area contributed by atoms with Gasteiger partial charge in [0.1, 0.15) is 12.2 Å². The van der Waals surface area contributed by atoms with Crippen LogP contribution in [0.2, 0.25) is 0 Å². The molecule has 0 radical (unpaired) electrons. The molecule has 1 spiro atoms. The second-order valence-electron chi connectivity index (χ2n) is 8.49. The summed E-state index contributed by atoms with van der Waals surface area (Å²) >= 11 is 0. The summed E-state index contributed by atoms with van der Waals surface area (Å²) in [6.45, 7) is 3.76. The molecule has 3 aromatic rings. The molecule has 7 nitrogen and oxygen atoms in total. The van der Waals surface area contributed by atoms with Crippen LogP contribution in [0, 0.1) is 12.3 Å². The average Bonchev–Trinajstić information content (AvgIpc) is 3.28. The Morgan fingerprint density at radius 1 is 1.12 bits per heavy atom. The maximum absolute atomic E-state index is 12.9. The minimum atomic E-state index is -4.48. The van der Waals surface area contributed by atoms with Gasteiger partial charge in [-0.25, -0.2) is 18.4 Å². The van der Waals surface area contributed by atoms with E-state index in [2.05, 4.69) is 20.1 Å². The Bertz CT molecular complexity index is 1150. The first-order valence-corrected chi connectivity index (χ1v) is 10.2. The van der Waals surface area contributed by atoms with Crippen molar-refractivity contribution in [3.05, 3.63) is 35.9 Å². The van der Waals surface area contributed by atoms with Crippen LogP contribution in [0.1, 0.15) is 17.8 Å². The van der Waals surface area contributed by atoms with Crippen LogP contribution in [-0.4, -0.2) is 57.3 Å². The highest BCUT2D eigenvalue weighted by molar-refractivity contribution is 5.78. The van der Waals surface area contributed by atoms with Crippen LogP contribution >= 0.6 is 0 Å². The first kappa shape index (κ1) is 20.8. The van der Waals surface area contributed by atoms with E-state index in [9.17, 15) is 22.0 Å². The molecule has 2 aliphatic rings. The van der Waals surface area contributed by atoms with Crippen molar-refractivity contribution in [2.45, 2.75) is 32.5 Å². The van der Waals surface area contributed by atoms with Crippen molar-refractivity contribution in [3.63, 3.8) is 0 Å². The predicted molar refractivity (Wildman–Crippen MR) is 107 cm³/mol. The molecule has 0 aliphatic carbocycles. The third-order valence-electron chi connectivity index (χ3n) is 6.14. The topological polar surface area (TPSA) is 63.0 Å². The first-order valence-electron chi connectivity index (χ1n) is 10.2. The van der Waals surface area contributed by atoms with E-state index < -0.39 is 24.8 Å². The average molecular weight is 453 g/mol. The second kappa shape index (κ2) is 7.24. The molecule has 0 amide bonds. The summed E-state index contributed by atoms with van der Waals surface area (Å²) in [6, 6.07) is 2.65. The Hall–Kier alpha value is -3.05. The molecular formula is C20H20F5N7. The van der Waals surface area contributed by atoms with Gasteiger partial charge in [0, 0.05) is 49.7 Å². The Kier molecular flexibility index (Phi) is 4.71. The van der Waals surface area contributed by atoms with Gasteiger partial charge in [0.2, 0.25) is 5.95 Å². The number of hydrogen-bond acceptors (Lipinski definition) is 6. The van der Waals surface area contributed by atoms with Crippen molar-refractivity contribution in [2.24, 2.45) is 5.41 Å². The zero-order valence-electron chi connectivity index (χ0n) is 17.1. The van der Waals surface area contributed by atoms with Crippen molar-refractivity contribution in [1.82, 2.24) is 24.7 Å². The van der Waals surface area contributed by atoms with Crippen LogP contribution in [0.3, 0.4) is 0 Å². The molecule has 0 saturated carbocycles. The lowest BCUT2D eigenvalue weighted by Crippen LogP contribution is -2.57. The van der Waals surface area contributed by atoms with Gasteiger partial charge >= 0.3 is 6.18 Å². The van der Waals surface area contributed by atoms with Gasteiger partial charge in [-0.3, -0.25) is 4.98 Å². The fraction of sp³-hybridized carbons (Fsp3) is 0.500. The molecule has 0 aromatic carbocycles. The van der Waals surface area contributed by atoms with E-state index in [1.54, 1.807) is 19.2 Å². The lowest BCUT2D eigenvalue weighted by Gasteiger charge is -2.49. The van der Waals surface area contributed by atoms with Gasteiger partial charge in [0.25, 0.3) is 6.43 Å². The Morgan fingerprint density at radius 3 is 2.59 bits per heavy atom. The minimum Gasteiger partial charge on any atom is -0.370 e. The summed E-state index contributed by atoms with van der Waals surface area (Å²) in [4.78, 5) is 16.2. The molecule has 0 bridgehead atoms. The zero-order chi connectivity index (χ0) is 22.7. The molecule has 32 heavy (non-hydrogen) atoms. The second-order valence-corrected chi connectivity index (χ2v) is 8.49. The van der Waals surface area contributed by atoms with E-state index in [1.165, 1.54) is 10.9 Å². The molecule has 170 valence electrons. The van der Waals surface area contributed by atoms with Gasteiger partial charge < -0.3 is 9.80 Å². The van der Waals surface area contributed by atoms with Crippen LogP contribution in [0.25, 0.3) is 11.0 Å². The van der Waals surface area contributed by atoms with Crippen LogP contribution in [0.4, 0.5) is 33.6 Å². The largest absolute Gasteiger partial charge is 0.433 e. The maximum Gasteiger partial charge on any atom is 0.433 e. The molecule has 2 fully saturated rings. The van der Waals surface area contributed by atoms with Crippen molar-refractivity contribution in [1.29, 1.82) is 0 Å². The molecular weight excluding hydrogens is 433 g/mol. The summed E-state index contributed by atoms with van der Waals surface area (Å²) in [5.41, 5.74) is 0.497. The van der Waals surface area contributed by atoms with E-state index in [0.29, 0.717) is 54.5 Å². The third-order valence-corrected chi connectivity index (χ3v) is 6.14. The number of rotatable bonds is 4. The van der Waals surface area contributed by atoms with Crippen LogP contribution in [-0.2, 0) is 12.7 Å². The first-order chi connectivity index (χ1) is 15.1. The molecule has 3 aromatic heterocycles. The highest BCUT2D eigenvalue weighted by Crippen LogP contribution is 2.43. The third kappa shape index (κ3) is 3.61. The van der Waals surface area contributed by atoms with Gasteiger partial charge in [-0.15, -0.1) is 0 Å². The molecule has 0 atom stereocenters. The number of hydrogen-bond donors (Lipinski definition) is 0. The summed E-state index contributed by atoms with van der Waals surface area (Å²) in [5, 5.41) is 4.78. The van der Waals surface area contributed by atoms with E-state index in [1.807, 2.05) is 9.80 Å². The Balaban J connectivity index is 1.31. The lowest BCUT2D eigenvalue weighted by molar-refractivity contribution is -0.141. The number of aromatic nitrogens is 5. The number of alkyl halides is 5. The molecule has 12 heteroatoms. The van der Waals surface area contributed by atoms with Gasteiger partial charge in [-0.1, -0.05) is 0 Å². The SMILES string of the molecule is Cc1nn(CC(F)F)c2nc(N3CCC4(CN(c5ccnc(C(F)(F)F)c5)C4)C3)ncc12. The van der Waals surface area contributed by atoms with Crippen molar-refractivity contribution >= 4 is 22.7 Å². The fourth-order valence-corrected chi connectivity index (χ4v) is 4.59. The summed E-state index contributed by atoms with van der Waals surface area (Å²) in [6.07, 6.45) is -3.39. The molecule has 2 aliphatic heterocycles. The molecule has 5 rings (SSSR count). The number of halogens is 5. The van der Waals surface area contributed by atoms with E-state index in [-0.39, 0.29) is 5.41 Å². The van der Waals surface area contributed by atoms with Crippen LogP contribution in [0.15, 0.2) is 24.5 Å². The number of fused-ring (bicyclic) bond motifs is 1. The zero-order valence-corrected chi connectivity index (χ0v) is 17.1. The minimum absolute atomic E-state index is 0.0703. The molecule has 5 heterocycles. The van der Waals surface area contributed by atoms with E-state index in [0.717, 1.165) is 12.5 Å². The van der Waals surface area contributed by atoms with Crippen molar-refractivity contribution in [3.8, 4) is 0 Å². The maximum atomic E-state index is 12.9. The van der Waals surface area contributed by atoms with Gasteiger partial charge in [-0.2, -0.15) is 23.3 Å². The summed E-state index contributed by atoms with van der Waals surface area (Å²) < 4.78 is 65.8. The number of nitrogens with zero attached hydrogens (tertiary/aromatic N) is 7. The molecule has 2 saturated heterocycles. The number of aryl methyl sites for hydroxylation is 1. The fourth-order valence-electron chi connectivity index (χ4n) is 4.59. The van der Waals surface area contributed by atoms with Crippen LogP contribution < -0.4 is 9.80 Å². The Labute approximate surface area is 179 Å². The number of anilines is 2. The monoisotopic (exact) mass is 453 g/mol. The van der Waals surface area contributed by atoms with Gasteiger partial charge in [-0.05, 0) is 25.5 Å². The highest BCUT2D eigenvalue weighted by atomic mass is 19.4. The number of pyridine rings is 1. The van der Waals surface area contributed by atoms with Gasteiger partial charge in [0.05, 0.1) is 11.1 Å².